The molecule has 1 aromatic rings. The summed E-state index contributed by atoms with van der Waals surface area (Å²) >= 11 is 1.48. The van der Waals surface area contributed by atoms with Crippen LogP contribution in [0.1, 0.15) is 11.1 Å². The molecule has 0 saturated heterocycles. The minimum absolute atomic E-state index is 0.0384. The summed E-state index contributed by atoms with van der Waals surface area (Å²) in [5.41, 5.74) is 1.20. The lowest BCUT2D eigenvalue weighted by atomic mass is 10.1. The molecule has 1 rings (SSSR count). The van der Waals surface area contributed by atoms with Gasteiger partial charge in [0.2, 0.25) is 0 Å². The van der Waals surface area contributed by atoms with E-state index in [1.54, 1.807) is 18.2 Å². The van der Waals surface area contributed by atoms with Crippen molar-refractivity contribution in [1.82, 2.24) is 0 Å². The number of thioether (sulfide) groups is 1. The molecule has 14 heavy (non-hydrogen) atoms. The van der Waals surface area contributed by atoms with Gasteiger partial charge >= 0.3 is 5.97 Å². The van der Waals surface area contributed by atoms with Crippen LogP contribution in [0.3, 0.4) is 0 Å². The summed E-state index contributed by atoms with van der Waals surface area (Å²) in [5, 5.41) is 17.4. The number of carboxylic acid groups (broad SMARTS) is 1. The van der Waals surface area contributed by atoms with Crippen LogP contribution in [-0.4, -0.2) is 17.3 Å². The highest BCUT2D eigenvalue weighted by Crippen LogP contribution is 2.20. The van der Waals surface area contributed by atoms with Crippen LogP contribution in [0.25, 0.3) is 0 Å². The van der Waals surface area contributed by atoms with Crippen molar-refractivity contribution in [1.29, 1.82) is 5.26 Å². The SMILES string of the molecule is CSc1ccc(CC(=O)O)cc1C#N. The Bertz CT molecular complexity index is 396. The molecule has 1 aromatic carbocycles. The lowest BCUT2D eigenvalue weighted by molar-refractivity contribution is -0.136. The second-order valence-electron chi connectivity index (χ2n) is 2.72. The zero-order valence-electron chi connectivity index (χ0n) is 7.65. The van der Waals surface area contributed by atoms with Gasteiger partial charge in [-0.2, -0.15) is 5.26 Å². The zero-order chi connectivity index (χ0) is 10.6. The Balaban J connectivity index is 3.03. The van der Waals surface area contributed by atoms with Gasteiger partial charge in [0.05, 0.1) is 12.0 Å². The fraction of sp³-hybridized carbons (Fsp3) is 0.200. The van der Waals surface area contributed by atoms with Gasteiger partial charge in [-0.3, -0.25) is 4.79 Å². The highest BCUT2D eigenvalue weighted by Gasteiger charge is 2.05. The van der Waals surface area contributed by atoms with E-state index < -0.39 is 5.97 Å². The van der Waals surface area contributed by atoms with Gasteiger partial charge in [0.15, 0.2) is 0 Å². The first-order chi connectivity index (χ1) is 6.67. The number of nitrogens with zero attached hydrogens (tertiary/aromatic N) is 1. The summed E-state index contributed by atoms with van der Waals surface area (Å²) in [6.45, 7) is 0. The number of hydrogen-bond acceptors (Lipinski definition) is 3. The smallest absolute Gasteiger partial charge is 0.307 e. The Morgan fingerprint density at radius 3 is 2.86 bits per heavy atom. The number of nitriles is 1. The van der Waals surface area contributed by atoms with Crippen molar-refractivity contribution in [3.8, 4) is 6.07 Å². The van der Waals surface area contributed by atoms with E-state index in [0.29, 0.717) is 11.1 Å². The summed E-state index contributed by atoms with van der Waals surface area (Å²) in [6, 6.07) is 7.19. The Labute approximate surface area is 86.4 Å². The van der Waals surface area contributed by atoms with E-state index in [4.69, 9.17) is 10.4 Å². The van der Waals surface area contributed by atoms with E-state index in [2.05, 4.69) is 0 Å². The van der Waals surface area contributed by atoms with E-state index in [9.17, 15) is 4.79 Å². The zero-order valence-corrected chi connectivity index (χ0v) is 8.47. The molecular weight excluding hydrogens is 198 g/mol. The molecule has 0 saturated carbocycles. The molecule has 72 valence electrons. The summed E-state index contributed by atoms with van der Waals surface area (Å²) in [6.07, 6.45) is 1.84. The van der Waals surface area contributed by atoms with Crippen LogP contribution >= 0.6 is 11.8 Å². The monoisotopic (exact) mass is 207 g/mol. The second-order valence-corrected chi connectivity index (χ2v) is 3.57. The van der Waals surface area contributed by atoms with E-state index in [-0.39, 0.29) is 6.42 Å². The summed E-state index contributed by atoms with van der Waals surface area (Å²) in [5.74, 6) is -0.884. The first-order valence-corrected chi connectivity index (χ1v) is 5.18. The maximum Gasteiger partial charge on any atom is 0.307 e. The van der Waals surface area contributed by atoms with Crippen molar-refractivity contribution in [3.63, 3.8) is 0 Å². The predicted octanol–water partition coefficient (Wildman–Crippen LogP) is 1.91. The molecule has 0 fully saturated rings. The van der Waals surface area contributed by atoms with Gasteiger partial charge < -0.3 is 5.11 Å². The minimum atomic E-state index is -0.884. The number of benzene rings is 1. The number of carbonyl (C=O) groups is 1. The first-order valence-electron chi connectivity index (χ1n) is 3.96. The Morgan fingerprint density at radius 2 is 2.36 bits per heavy atom. The second kappa shape index (κ2) is 4.68. The quantitative estimate of drug-likeness (QED) is 0.769. The van der Waals surface area contributed by atoms with Crippen LogP contribution in [0.15, 0.2) is 23.1 Å². The van der Waals surface area contributed by atoms with Crippen LogP contribution < -0.4 is 0 Å². The maximum atomic E-state index is 10.4. The molecule has 0 unspecified atom stereocenters. The first kappa shape index (κ1) is 10.6. The number of aliphatic carboxylic acids is 1. The molecular formula is C10H9NO2S. The standard InChI is InChI=1S/C10H9NO2S/c1-14-9-3-2-7(5-10(12)13)4-8(9)6-11/h2-4H,5H2,1H3,(H,12,13). The van der Waals surface area contributed by atoms with Crippen molar-refractivity contribution >= 4 is 17.7 Å². The predicted molar refractivity (Wildman–Crippen MR) is 54.3 cm³/mol. The van der Waals surface area contributed by atoms with Crippen LogP contribution in [0.5, 0.6) is 0 Å². The van der Waals surface area contributed by atoms with Crippen molar-refractivity contribution in [3.05, 3.63) is 29.3 Å². The average molecular weight is 207 g/mol. The summed E-state index contributed by atoms with van der Waals surface area (Å²) in [7, 11) is 0. The Hall–Kier alpha value is -1.47. The van der Waals surface area contributed by atoms with E-state index in [1.165, 1.54) is 11.8 Å². The molecule has 0 aromatic heterocycles. The van der Waals surface area contributed by atoms with Gasteiger partial charge in [0, 0.05) is 4.90 Å². The third-order valence-electron chi connectivity index (χ3n) is 1.74. The van der Waals surface area contributed by atoms with E-state index in [0.717, 1.165) is 4.90 Å². The van der Waals surface area contributed by atoms with Crippen molar-refractivity contribution < 1.29 is 9.90 Å². The van der Waals surface area contributed by atoms with E-state index in [1.807, 2.05) is 12.3 Å². The van der Waals surface area contributed by atoms with E-state index >= 15 is 0 Å². The minimum Gasteiger partial charge on any atom is -0.481 e. The molecule has 4 heteroatoms. The van der Waals surface area contributed by atoms with Gasteiger partial charge in [-0.05, 0) is 24.0 Å². The summed E-state index contributed by atoms with van der Waals surface area (Å²) in [4.78, 5) is 11.3. The third-order valence-corrected chi connectivity index (χ3v) is 2.54. The topological polar surface area (TPSA) is 61.1 Å². The molecule has 0 aliphatic heterocycles. The van der Waals surface area contributed by atoms with Crippen LogP contribution in [-0.2, 0) is 11.2 Å². The highest BCUT2D eigenvalue weighted by atomic mass is 32.2. The Kier molecular flexibility index (Phi) is 3.55. The number of carboxylic acids is 1. The molecule has 0 aliphatic carbocycles. The molecule has 0 bridgehead atoms. The molecule has 0 aliphatic rings. The Morgan fingerprint density at radius 1 is 1.64 bits per heavy atom. The van der Waals surface area contributed by atoms with Gasteiger partial charge in [-0.1, -0.05) is 6.07 Å². The number of hydrogen-bond donors (Lipinski definition) is 1. The lowest BCUT2D eigenvalue weighted by Crippen LogP contribution is -2.00. The summed E-state index contributed by atoms with van der Waals surface area (Å²) < 4.78 is 0. The molecule has 0 heterocycles. The third kappa shape index (κ3) is 2.51. The molecule has 0 radical (unpaired) electrons. The van der Waals surface area contributed by atoms with Crippen molar-refractivity contribution in [2.45, 2.75) is 11.3 Å². The van der Waals surface area contributed by atoms with Crippen molar-refractivity contribution in [2.24, 2.45) is 0 Å². The van der Waals surface area contributed by atoms with Gasteiger partial charge in [0.1, 0.15) is 6.07 Å². The molecule has 3 nitrogen and oxygen atoms in total. The van der Waals surface area contributed by atoms with Crippen LogP contribution in [0, 0.1) is 11.3 Å². The molecule has 0 amide bonds. The highest BCUT2D eigenvalue weighted by molar-refractivity contribution is 7.98. The molecule has 1 N–H and O–H groups in total. The van der Waals surface area contributed by atoms with Crippen LogP contribution in [0.2, 0.25) is 0 Å². The van der Waals surface area contributed by atoms with Gasteiger partial charge in [0.25, 0.3) is 0 Å². The van der Waals surface area contributed by atoms with Gasteiger partial charge in [-0.15, -0.1) is 11.8 Å². The van der Waals surface area contributed by atoms with Crippen LogP contribution in [0.4, 0.5) is 0 Å². The molecule has 0 atom stereocenters. The van der Waals surface area contributed by atoms with Gasteiger partial charge in [-0.25, -0.2) is 0 Å². The fourth-order valence-electron chi connectivity index (χ4n) is 1.13. The molecule has 0 spiro atoms. The lowest BCUT2D eigenvalue weighted by Gasteiger charge is -2.02. The fourth-order valence-corrected chi connectivity index (χ4v) is 1.66. The van der Waals surface area contributed by atoms with Crippen molar-refractivity contribution in [2.75, 3.05) is 6.26 Å². The average Bonchev–Trinajstić information content (AvgIpc) is 2.16. The normalized spacial score (nSPS) is 9.43. The largest absolute Gasteiger partial charge is 0.481 e. The number of rotatable bonds is 3. The maximum absolute atomic E-state index is 10.4.